The molecule has 302 valence electrons. The molecule has 11 rings (SSSR count). The summed E-state index contributed by atoms with van der Waals surface area (Å²) in [5.41, 5.74) is 19.3. The summed E-state index contributed by atoms with van der Waals surface area (Å²) in [6.07, 6.45) is 3.84. The van der Waals surface area contributed by atoms with Gasteiger partial charge in [0.25, 0.3) is 6.71 Å². The van der Waals surface area contributed by atoms with Gasteiger partial charge in [-0.05, 0) is 129 Å². The van der Waals surface area contributed by atoms with Gasteiger partial charge >= 0.3 is 0 Å². The molecule has 6 aromatic carbocycles. The molecule has 0 radical (unpaired) electrons. The molecular weight excluding hydrogens is 768 g/mol. The average molecular weight is 819 g/mol. The van der Waals surface area contributed by atoms with Crippen LogP contribution in [0.5, 0.6) is 0 Å². The van der Waals surface area contributed by atoms with Gasteiger partial charge in [0.15, 0.2) is 0 Å². The van der Waals surface area contributed by atoms with E-state index in [4.69, 9.17) is 9.97 Å². The maximum absolute atomic E-state index is 5.02. The van der Waals surface area contributed by atoms with E-state index < -0.39 is 8.07 Å². The third-order valence-corrected chi connectivity index (χ3v) is 18.3. The Morgan fingerprint density at radius 3 is 1.35 bits per heavy atom. The van der Waals surface area contributed by atoms with Crippen molar-refractivity contribution in [1.29, 1.82) is 0 Å². The number of rotatable bonds is 5. The first-order chi connectivity index (χ1) is 29.8. The lowest BCUT2D eigenvalue weighted by molar-refractivity contribution is 0.590. The molecule has 2 aromatic heterocycles. The van der Waals surface area contributed by atoms with Gasteiger partial charge in [0.2, 0.25) is 0 Å². The zero-order valence-corrected chi connectivity index (χ0v) is 38.0. The van der Waals surface area contributed by atoms with Gasteiger partial charge in [0, 0.05) is 46.3 Å². The number of hydrogen-bond acceptors (Lipinski definition) is 4. The molecule has 0 saturated carbocycles. The fraction of sp³-hybridized carbons (Fsp3) is 0.179. The van der Waals surface area contributed by atoms with Crippen LogP contribution in [0.2, 0.25) is 6.55 Å². The summed E-state index contributed by atoms with van der Waals surface area (Å²) in [6, 6.07) is 57.3. The van der Waals surface area contributed by atoms with Gasteiger partial charge in [-0.3, -0.25) is 9.97 Å². The number of aryl methyl sites for hydroxylation is 1. The minimum Gasteiger partial charge on any atom is -0.311 e. The van der Waals surface area contributed by atoms with Crippen LogP contribution in [0.3, 0.4) is 0 Å². The van der Waals surface area contributed by atoms with Crippen LogP contribution in [-0.4, -0.2) is 24.8 Å². The maximum Gasteiger partial charge on any atom is 0.251 e. The Bertz CT molecular complexity index is 2900. The molecule has 0 aliphatic carbocycles. The number of aromatic nitrogens is 2. The van der Waals surface area contributed by atoms with E-state index >= 15 is 0 Å². The SMILES string of the molecule is Cc1cc2c3c(c1)N(c1ccc(C(C)(C)C)cc1-c1ccccn1)c1cccc4c1B3c1c(cccc1[Si]4(C)c1ccccc1)N2c1ccc(C(C)(C)C)cc1-c1ccccn1. The third-order valence-electron chi connectivity index (χ3n) is 13.8. The first-order valence-corrected chi connectivity index (χ1v) is 24.5. The van der Waals surface area contributed by atoms with Crippen LogP contribution in [0.15, 0.2) is 164 Å². The summed E-state index contributed by atoms with van der Waals surface area (Å²) in [4.78, 5) is 15.2. The molecular formula is C56H51BN4Si. The van der Waals surface area contributed by atoms with Crippen molar-refractivity contribution in [1.82, 2.24) is 9.97 Å². The van der Waals surface area contributed by atoms with Crippen molar-refractivity contribution in [3.05, 3.63) is 181 Å². The van der Waals surface area contributed by atoms with E-state index in [0.29, 0.717) is 0 Å². The highest BCUT2D eigenvalue weighted by Crippen LogP contribution is 2.49. The zero-order valence-electron chi connectivity index (χ0n) is 37.0. The summed E-state index contributed by atoms with van der Waals surface area (Å²) in [7, 11) is -2.61. The minimum atomic E-state index is -2.61. The highest BCUT2D eigenvalue weighted by atomic mass is 28.3. The van der Waals surface area contributed by atoms with Crippen LogP contribution in [0, 0.1) is 6.92 Å². The van der Waals surface area contributed by atoms with Gasteiger partial charge in [0.05, 0.1) is 22.8 Å². The largest absolute Gasteiger partial charge is 0.311 e. The molecule has 0 N–H and O–H groups in total. The van der Waals surface area contributed by atoms with Gasteiger partial charge < -0.3 is 9.80 Å². The molecule has 0 fully saturated rings. The van der Waals surface area contributed by atoms with Crippen LogP contribution in [0.25, 0.3) is 22.5 Å². The van der Waals surface area contributed by atoms with Crippen molar-refractivity contribution in [3.8, 4) is 22.5 Å². The smallest absolute Gasteiger partial charge is 0.251 e. The molecule has 3 aliphatic rings. The molecule has 62 heavy (non-hydrogen) atoms. The lowest BCUT2D eigenvalue weighted by Gasteiger charge is -2.51. The quantitative estimate of drug-likeness (QED) is 0.162. The average Bonchev–Trinajstić information content (AvgIpc) is 3.28. The van der Waals surface area contributed by atoms with Gasteiger partial charge in [-0.25, -0.2) is 0 Å². The Morgan fingerprint density at radius 2 is 0.919 bits per heavy atom. The molecule has 6 heteroatoms. The number of anilines is 6. The van der Waals surface area contributed by atoms with E-state index in [0.717, 1.165) is 33.9 Å². The number of hydrogen-bond donors (Lipinski definition) is 0. The molecule has 5 heterocycles. The third kappa shape index (κ3) is 5.65. The van der Waals surface area contributed by atoms with E-state index in [1.165, 1.54) is 71.4 Å². The predicted octanol–water partition coefficient (Wildman–Crippen LogP) is 10.2. The predicted molar refractivity (Wildman–Crippen MR) is 266 cm³/mol. The summed E-state index contributed by atoms with van der Waals surface area (Å²) < 4.78 is 0. The van der Waals surface area contributed by atoms with E-state index in [1.807, 2.05) is 24.5 Å². The number of nitrogens with zero attached hydrogens (tertiary/aromatic N) is 4. The fourth-order valence-electron chi connectivity index (χ4n) is 10.7. The molecule has 0 atom stereocenters. The lowest BCUT2D eigenvalue weighted by atomic mass is 9.33. The van der Waals surface area contributed by atoms with Gasteiger partial charge in [-0.15, -0.1) is 0 Å². The van der Waals surface area contributed by atoms with E-state index in [1.54, 1.807) is 0 Å². The lowest BCUT2D eigenvalue weighted by Crippen LogP contribution is -2.83. The molecule has 3 aliphatic heterocycles. The Kier molecular flexibility index (Phi) is 8.52. The van der Waals surface area contributed by atoms with Crippen LogP contribution in [-0.2, 0) is 10.8 Å². The molecule has 0 unspecified atom stereocenters. The number of pyridine rings is 2. The van der Waals surface area contributed by atoms with E-state index in [9.17, 15) is 0 Å². The Labute approximate surface area is 368 Å². The van der Waals surface area contributed by atoms with Gasteiger partial charge in [-0.1, -0.05) is 137 Å². The second kappa shape index (κ2) is 13.8. The van der Waals surface area contributed by atoms with Gasteiger partial charge in [-0.2, -0.15) is 0 Å². The van der Waals surface area contributed by atoms with Crippen LogP contribution < -0.4 is 41.7 Å². The maximum atomic E-state index is 5.02. The van der Waals surface area contributed by atoms with Crippen LogP contribution >= 0.6 is 0 Å². The monoisotopic (exact) mass is 818 g/mol. The van der Waals surface area contributed by atoms with Crippen molar-refractivity contribution < 1.29 is 0 Å². The summed E-state index contributed by atoms with van der Waals surface area (Å²) in [6.45, 7) is 18.7. The molecule has 4 nitrogen and oxygen atoms in total. The van der Waals surface area contributed by atoms with Gasteiger partial charge in [0.1, 0.15) is 8.07 Å². The molecule has 0 spiro atoms. The second-order valence-corrected chi connectivity index (χ2v) is 23.6. The fourth-order valence-corrected chi connectivity index (χ4v) is 14.9. The van der Waals surface area contributed by atoms with E-state index in [2.05, 4.69) is 204 Å². The molecule has 0 bridgehead atoms. The summed E-state index contributed by atoms with van der Waals surface area (Å²) in [5.74, 6) is 0. The Balaban J connectivity index is 1.29. The van der Waals surface area contributed by atoms with Crippen molar-refractivity contribution in [2.24, 2.45) is 0 Å². The molecule has 0 saturated heterocycles. The topological polar surface area (TPSA) is 32.3 Å². The molecule has 0 amide bonds. The normalized spacial score (nSPS) is 14.5. The Morgan fingerprint density at radius 1 is 0.452 bits per heavy atom. The van der Waals surface area contributed by atoms with Crippen molar-refractivity contribution in [2.45, 2.75) is 65.8 Å². The van der Waals surface area contributed by atoms with Crippen molar-refractivity contribution in [2.75, 3.05) is 9.80 Å². The van der Waals surface area contributed by atoms with E-state index in [-0.39, 0.29) is 17.5 Å². The zero-order chi connectivity index (χ0) is 42.7. The Hall–Kier alpha value is -6.50. The second-order valence-electron chi connectivity index (χ2n) is 19.7. The van der Waals surface area contributed by atoms with Crippen LogP contribution in [0.1, 0.15) is 58.2 Å². The highest BCUT2D eigenvalue weighted by Gasteiger charge is 2.54. The minimum absolute atomic E-state index is 0.0406. The first kappa shape index (κ1) is 38.4. The summed E-state index contributed by atoms with van der Waals surface area (Å²) >= 11 is 0. The molecule has 8 aromatic rings. The highest BCUT2D eigenvalue weighted by molar-refractivity contribution is 7.21. The van der Waals surface area contributed by atoms with Crippen molar-refractivity contribution in [3.63, 3.8) is 0 Å². The van der Waals surface area contributed by atoms with Crippen LogP contribution in [0.4, 0.5) is 34.1 Å². The first-order valence-electron chi connectivity index (χ1n) is 22.0. The summed E-state index contributed by atoms with van der Waals surface area (Å²) in [5, 5.41) is 4.40. The standard InChI is InChI=1S/C56H51BN4Si/c1-36-32-48-52-49(33-36)61(45-29-27-38(56(5,6)7)35-41(45)43-21-13-15-31-59-43)47-23-17-25-51-54(47)57(52)53-46(22-16-24-50(53)62(51,8)39-18-10-9-11-19-39)60(48)44-28-26-37(55(2,3)4)34-40(44)42-20-12-14-30-58-42/h9-35H,1-8H3. The number of benzene rings is 6. The van der Waals surface area contributed by atoms with Crippen molar-refractivity contribution >= 4 is 80.9 Å².